The van der Waals surface area contributed by atoms with Crippen LogP contribution in [-0.4, -0.2) is 59.3 Å². The Labute approximate surface area is 223 Å². The predicted octanol–water partition coefficient (Wildman–Crippen LogP) is 3.62. The number of nitrogens with zero attached hydrogens (tertiary/aromatic N) is 4. The van der Waals surface area contributed by atoms with Crippen LogP contribution in [0.2, 0.25) is 0 Å². The highest BCUT2D eigenvalue weighted by atomic mass is 32.2. The Morgan fingerprint density at radius 3 is 2.26 bits per heavy atom. The van der Waals surface area contributed by atoms with Gasteiger partial charge in [-0.25, -0.2) is 13.4 Å². The molecule has 0 saturated carbocycles. The molecule has 1 aliphatic heterocycles. The topological polar surface area (TPSA) is 87.5 Å². The summed E-state index contributed by atoms with van der Waals surface area (Å²) < 4.78 is 29.3. The number of aryl methyl sites for hydroxylation is 1. The zero-order valence-electron chi connectivity index (χ0n) is 21.3. The zero-order valence-corrected chi connectivity index (χ0v) is 22.1. The minimum atomic E-state index is -3.46. The van der Waals surface area contributed by atoms with Gasteiger partial charge in [-0.15, -0.1) is 0 Å². The molecular weight excluding hydrogens is 498 g/mol. The number of rotatable bonds is 8. The number of piperazine rings is 1. The molecule has 1 aromatic heterocycles. The SMILES string of the molecule is Cc1nccn1-c1ccccc1CNC(=O)c1ccc(CN2CCN(S(=O)(=O)c3ccccc3)CC2)cc1. The summed E-state index contributed by atoms with van der Waals surface area (Å²) in [6.45, 7) is 5.29. The lowest BCUT2D eigenvalue weighted by Gasteiger charge is -2.34. The normalized spacial score (nSPS) is 14.9. The van der Waals surface area contributed by atoms with Crippen LogP contribution in [0.3, 0.4) is 0 Å². The van der Waals surface area contributed by atoms with Crippen molar-refractivity contribution in [1.29, 1.82) is 0 Å². The van der Waals surface area contributed by atoms with E-state index in [1.165, 1.54) is 0 Å². The minimum absolute atomic E-state index is 0.131. The van der Waals surface area contributed by atoms with Crippen molar-refractivity contribution in [3.05, 3.63) is 114 Å². The van der Waals surface area contributed by atoms with Crippen LogP contribution in [-0.2, 0) is 23.1 Å². The van der Waals surface area contributed by atoms with E-state index in [1.807, 2.05) is 72.3 Å². The summed E-state index contributed by atoms with van der Waals surface area (Å²) in [6.07, 6.45) is 3.68. The second kappa shape index (κ2) is 11.3. The van der Waals surface area contributed by atoms with Gasteiger partial charge in [-0.3, -0.25) is 9.69 Å². The van der Waals surface area contributed by atoms with Gasteiger partial charge in [0.1, 0.15) is 5.82 Å². The summed E-state index contributed by atoms with van der Waals surface area (Å²) in [7, 11) is -3.46. The van der Waals surface area contributed by atoms with Crippen molar-refractivity contribution in [2.45, 2.75) is 24.9 Å². The maximum Gasteiger partial charge on any atom is 0.251 e. The van der Waals surface area contributed by atoms with Gasteiger partial charge in [0, 0.05) is 57.2 Å². The lowest BCUT2D eigenvalue weighted by atomic mass is 10.1. The largest absolute Gasteiger partial charge is 0.348 e. The maximum atomic E-state index is 12.9. The van der Waals surface area contributed by atoms with Gasteiger partial charge in [0.05, 0.1) is 10.6 Å². The third-order valence-electron chi connectivity index (χ3n) is 6.85. The molecular formula is C29H31N5O3S. The van der Waals surface area contributed by atoms with Crippen LogP contribution in [0, 0.1) is 6.92 Å². The number of carbonyl (C=O) groups excluding carboxylic acids is 1. The summed E-state index contributed by atoms with van der Waals surface area (Å²) in [5, 5.41) is 3.02. The molecule has 0 unspecified atom stereocenters. The van der Waals surface area contributed by atoms with Gasteiger partial charge in [0.15, 0.2) is 0 Å². The average Bonchev–Trinajstić information content (AvgIpc) is 3.38. The molecule has 0 atom stereocenters. The number of para-hydroxylation sites is 1. The number of amides is 1. The molecule has 9 heteroatoms. The van der Waals surface area contributed by atoms with Crippen LogP contribution in [0.5, 0.6) is 0 Å². The van der Waals surface area contributed by atoms with Gasteiger partial charge in [-0.1, -0.05) is 48.5 Å². The number of hydrogen-bond acceptors (Lipinski definition) is 5. The Bertz CT molecular complexity index is 1490. The van der Waals surface area contributed by atoms with E-state index in [-0.39, 0.29) is 5.91 Å². The minimum Gasteiger partial charge on any atom is -0.348 e. The Morgan fingerprint density at radius 1 is 0.895 bits per heavy atom. The van der Waals surface area contributed by atoms with E-state index in [4.69, 9.17) is 0 Å². The van der Waals surface area contributed by atoms with Crippen LogP contribution in [0.1, 0.15) is 27.3 Å². The second-order valence-corrected chi connectivity index (χ2v) is 11.3. The van der Waals surface area contributed by atoms with Crippen LogP contribution in [0.4, 0.5) is 0 Å². The molecule has 38 heavy (non-hydrogen) atoms. The van der Waals surface area contributed by atoms with E-state index in [0.29, 0.717) is 49.7 Å². The van der Waals surface area contributed by atoms with Crippen molar-refractivity contribution in [2.24, 2.45) is 0 Å². The molecule has 5 rings (SSSR count). The number of imidazole rings is 1. The molecule has 1 amide bonds. The van der Waals surface area contributed by atoms with Crippen molar-refractivity contribution in [3.63, 3.8) is 0 Å². The van der Waals surface area contributed by atoms with Gasteiger partial charge >= 0.3 is 0 Å². The summed E-state index contributed by atoms with van der Waals surface area (Å²) in [5.41, 5.74) is 3.69. The van der Waals surface area contributed by atoms with Crippen molar-refractivity contribution in [2.75, 3.05) is 26.2 Å². The molecule has 196 valence electrons. The van der Waals surface area contributed by atoms with Crippen molar-refractivity contribution in [3.8, 4) is 5.69 Å². The number of sulfonamides is 1. The molecule has 1 aliphatic rings. The molecule has 1 N–H and O–H groups in total. The van der Waals surface area contributed by atoms with E-state index in [9.17, 15) is 13.2 Å². The number of nitrogens with one attached hydrogen (secondary N) is 1. The van der Waals surface area contributed by atoms with E-state index in [1.54, 1.807) is 34.8 Å². The Balaban J connectivity index is 1.14. The quantitative estimate of drug-likeness (QED) is 0.377. The predicted molar refractivity (Wildman–Crippen MR) is 146 cm³/mol. The summed E-state index contributed by atoms with van der Waals surface area (Å²) in [6, 6.07) is 24.1. The number of benzene rings is 3. The van der Waals surface area contributed by atoms with Gasteiger partial charge in [0.25, 0.3) is 5.91 Å². The number of hydrogen-bond donors (Lipinski definition) is 1. The third-order valence-corrected chi connectivity index (χ3v) is 8.76. The van der Waals surface area contributed by atoms with E-state index in [2.05, 4.69) is 15.2 Å². The van der Waals surface area contributed by atoms with E-state index >= 15 is 0 Å². The zero-order chi connectivity index (χ0) is 26.5. The number of carbonyl (C=O) groups is 1. The Hall–Kier alpha value is -3.79. The van der Waals surface area contributed by atoms with Crippen molar-refractivity contribution < 1.29 is 13.2 Å². The Morgan fingerprint density at radius 2 is 1.58 bits per heavy atom. The molecule has 2 heterocycles. The van der Waals surface area contributed by atoms with Crippen LogP contribution in [0.15, 0.2) is 96.2 Å². The molecule has 4 aromatic rings. The van der Waals surface area contributed by atoms with Crippen LogP contribution in [0.25, 0.3) is 5.69 Å². The fraction of sp³-hybridized carbons (Fsp3) is 0.241. The highest BCUT2D eigenvalue weighted by molar-refractivity contribution is 7.89. The summed E-state index contributed by atoms with van der Waals surface area (Å²) in [5.74, 6) is 0.757. The Kier molecular flexibility index (Phi) is 7.69. The molecule has 1 fully saturated rings. The molecule has 0 spiro atoms. The van der Waals surface area contributed by atoms with Gasteiger partial charge in [-0.2, -0.15) is 4.31 Å². The van der Waals surface area contributed by atoms with Crippen LogP contribution < -0.4 is 5.32 Å². The molecule has 3 aromatic carbocycles. The lowest BCUT2D eigenvalue weighted by molar-refractivity contribution is 0.0951. The third kappa shape index (κ3) is 5.70. The summed E-state index contributed by atoms with van der Waals surface area (Å²) in [4.78, 5) is 19.7. The first-order chi connectivity index (χ1) is 18.4. The fourth-order valence-corrected chi connectivity index (χ4v) is 6.14. The van der Waals surface area contributed by atoms with Gasteiger partial charge in [0.2, 0.25) is 10.0 Å². The smallest absolute Gasteiger partial charge is 0.251 e. The molecule has 0 radical (unpaired) electrons. The molecule has 8 nitrogen and oxygen atoms in total. The molecule has 0 aliphatic carbocycles. The highest BCUT2D eigenvalue weighted by Gasteiger charge is 2.28. The summed E-state index contributed by atoms with van der Waals surface area (Å²) >= 11 is 0. The standard InChI is InChI=1S/C29H31N5O3S/c1-23-30-15-16-34(23)28-10-6-5-7-26(28)21-31-29(35)25-13-11-24(12-14-25)22-32-17-19-33(20-18-32)38(36,37)27-8-3-2-4-9-27/h2-16H,17-22H2,1H3,(H,31,35). The van der Waals surface area contributed by atoms with Crippen LogP contribution >= 0.6 is 0 Å². The first-order valence-electron chi connectivity index (χ1n) is 12.6. The lowest BCUT2D eigenvalue weighted by Crippen LogP contribution is -2.48. The van der Waals surface area contributed by atoms with Gasteiger partial charge in [-0.05, 0) is 48.4 Å². The van der Waals surface area contributed by atoms with Gasteiger partial charge < -0.3 is 9.88 Å². The number of aromatic nitrogens is 2. The fourth-order valence-electron chi connectivity index (χ4n) is 4.69. The first kappa shape index (κ1) is 25.8. The van der Waals surface area contributed by atoms with Crippen molar-refractivity contribution >= 4 is 15.9 Å². The van der Waals surface area contributed by atoms with Crippen molar-refractivity contribution in [1.82, 2.24) is 24.1 Å². The maximum absolute atomic E-state index is 12.9. The highest BCUT2D eigenvalue weighted by Crippen LogP contribution is 2.19. The first-order valence-corrected chi connectivity index (χ1v) is 14.1. The second-order valence-electron chi connectivity index (χ2n) is 9.35. The van der Waals surface area contributed by atoms with E-state index in [0.717, 1.165) is 22.6 Å². The molecule has 1 saturated heterocycles. The molecule has 0 bridgehead atoms. The monoisotopic (exact) mass is 529 g/mol. The average molecular weight is 530 g/mol. The van der Waals surface area contributed by atoms with E-state index < -0.39 is 10.0 Å².